The second-order valence-corrected chi connectivity index (χ2v) is 7.26. The van der Waals surface area contributed by atoms with E-state index in [0.717, 1.165) is 16.5 Å². The third-order valence-electron chi connectivity index (χ3n) is 5.32. The molecular formula is C26H25N3O5. The number of carbonyl (C=O) groups excluding carboxylic acids is 1. The smallest absolute Gasteiger partial charge is 0.257 e. The zero-order chi connectivity index (χ0) is 24.1. The van der Waals surface area contributed by atoms with Gasteiger partial charge in [0.2, 0.25) is 5.75 Å². The fraction of sp³-hybridized carbons (Fsp3) is 0.154. The van der Waals surface area contributed by atoms with Crippen molar-refractivity contribution in [3.63, 3.8) is 0 Å². The molecule has 0 radical (unpaired) electrons. The highest BCUT2D eigenvalue weighted by atomic mass is 16.5. The van der Waals surface area contributed by atoms with Crippen molar-refractivity contribution in [2.45, 2.75) is 0 Å². The Balaban J connectivity index is 1.69. The molecule has 34 heavy (non-hydrogen) atoms. The molecule has 4 aromatic rings. The van der Waals surface area contributed by atoms with Gasteiger partial charge in [-0.2, -0.15) is 0 Å². The number of nitrogens with zero attached hydrogens (tertiary/aromatic N) is 1. The standard InChI is InChI=1S/C26H25N3O5/c1-31-21-12-8-7-11-20(21)29-25-18-10-6-5-9-17(18)19(15-27-25)26(30)28-16-13-22(32-2)24(34-4)23(14-16)33-3/h5-15H,1-4H3,(H,27,29)(H,28,30). The summed E-state index contributed by atoms with van der Waals surface area (Å²) in [5.74, 6) is 2.32. The molecule has 0 spiro atoms. The lowest BCUT2D eigenvalue weighted by atomic mass is 10.1. The number of rotatable bonds is 8. The molecule has 8 nitrogen and oxygen atoms in total. The van der Waals surface area contributed by atoms with E-state index in [2.05, 4.69) is 15.6 Å². The van der Waals surface area contributed by atoms with Gasteiger partial charge in [0, 0.05) is 29.4 Å². The van der Waals surface area contributed by atoms with Crippen LogP contribution in [0.3, 0.4) is 0 Å². The molecule has 1 aromatic heterocycles. The van der Waals surface area contributed by atoms with Crippen LogP contribution >= 0.6 is 0 Å². The third kappa shape index (κ3) is 4.38. The number of benzene rings is 3. The molecule has 0 saturated heterocycles. The van der Waals surface area contributed by atoms with Crippen LogP contribution in [-0.4, -0.2) is 39.3 Å². The van der Waals surface area contributed by atoms with Crippen LogP contribution in [0, 0.1) is 0 Å². The van der Waals surface area contributed by atoms with Gasteiger partial charge in [-0.25, -0.2) is 4.98 Å². The second-order valence-electron chi connectivity index (χ2n) is 7.26. The van der Waals surface area contributed by atoms with Crippen molar-refractivity contribution < 1.29 is 23.7 Å². The lowest BCUT2D eigenvalue weighted by Crippen LogP contribution is -2.13. The molecule has 0 saturated carbocycles. The van der Waals surface area contributed by atoms with Gasteiger partial charge in [-0.3, -0.25) is 4.79 Å². The SMILES string of the molecule is COc1ccccc1Nc1ncc(C(=O)Nc2cc(OC)c(OC)c(OC)c2)c2ccccc12. The van der Waals surface area contributed by atoms with Crippen molar-refractivity contribution in [1.29, 1.82) is 0 Å². The van der Waals surface area contributed by atoms with Gasteiger partial charge in [0.1, 0.15) is 11.6 Å². The number of fused-ring (bicyclic) bond motifs is 1. The number of carbonyl (C=O) groups is 1. The Kier molecular flexibility index (Phi) is 6.68. The zero-order valence-corrected chi connectivity index (χ0v) is 19.3. The number of ether oxygens (including phenoxy) is 4. The quantitative estimate of drug-likeness (QED) is 0.371. The van der Waals surface area contributed by atoms with Gasteiger partial charge in [-0.1, -0.05) is 36.4 Å². The van der Waals surface area contributed by atoms with Crippen LogP contribution in [0.15, 0.2) is 66.9 Å². The largest absolute Gasteiger partial charge is 0.495 e. The van der Waals surface area contributed by atoms with Crippen molar-refractivity contribution >= 4 is 33.9 Å². The number of anilines is 3. The summed E-state index contributed by atoms with van der Waals surface area (Å²) in [6, 6.07) is 18.5. The lowest BCUT2D eigenvalue weighted by molar-refractivity contribution is 0.102. The molecule has 4 rings (SSSR count). The third-order valence-corrected chi connectivity index (χ3v) is 5.32. The summed E-state index contributed by atoms with van der Waals surface area (Å²) in [5, 5.41) is 7.76. The molecule has 0 aliphatic heterocycles. The number of methoxy groups -OCH3 is 4. The number of nitrogens with one attached hydrogen (secondary N) is 2. The maximum atomic E-state index is 13.2. The van der Waals surface area contributed by atoms with E-state index in [1.807, 2.05) is 48.5 Å². The number of amides is 1. The monoisotopic (exact) mass is 459 g/mol. The molecule has 0 bridgehead atoms. The normalized spacial score (nSPS) is 10.5. The molecule has 0 aliphatic carbocycles. The Bertz CT molecular complexity index is 1310. The van der Waals surface area contributed by atoms with Gasteiger partial charge >= 0.3 is 0 Å². The average molecular weight is 460 g/mol. The number of para-hydroxylation sites is 2. The molecule has 0 atom stereocenters. The number of aromatic nitrogens is 1. The Morgan fingerprint density at radius 3 is 2.03 bits per heavy atom. The molecule has 1 heterocycles. The highest BCUT2D eigenvalue weighted by molar-refractivity contribution is 6.14. The maximum absolute atomic E-state index is 13.2. The number of hydrogen-bond donors (Lipinski definition) is 2. The van der Waals surface area contributed by atoms with Crippen LogP contribution in [0.1, 0.15) is 10.4 Å². The minimum absolute atomic E-state index is 0.318. The van der Waals surface area contributed by atoms with Crippen molar-refractivity contribution in [2.24, 2.45) is 0 Å². The van der Waals surface area contributed by atoms with E-state index in [4.69, 9.17) is 18.9 Å². The van der Waals surface area contributed by atoms with E-state index in [9.17, 15) is 4.79 Å². The lowest BCUT2D eigenvalue weighted by Gasteiger charge is -2.16. The highest BCUT2D eigenvalue weighted by Crippen LogP contribution is 2.40. The molecule has 1 amide bonds. The minimum atomic E-state index is -0.318. The summed E-state index contributed by atoms with van der Waals surface area (Å²) < 4.78 is 21.5. The Hall–Kier alpha value is -4.46. The first-order valence-electron chi connectivity index (χ1n) is 10.5. The summed E-state index contributed by atoms with van der Waals surface area (Å²) in [6.07, 6.45) is 1.55. The van der Waals surface area contributed by atoms with Gasteiger partial charge in [-0.15, -0.1) is 0 Å². The predicted molar refractivity (Wildman–Crippen MR) is 132 cm³/mol. The van der Waals surface area contributed by atoms with Crippen molar-refractivity contribution in [1.82, 2.24) is 4.98 Å². The van der Waals surface area contributed by atoms with E-state index >= 15 is 0 Å². The first kappa shape index (κ1) is 22.7. The summed E-state index contributed by atoms with van der Waals surface area (Å²) in [6.45, 7) is 0. The van der Waals surface area contributed by atoms with Crippen molar-refractivity contribution in [2.75, 3.05) is 39.1 Å². The first-order chi connectivity index (χ1) is 16.6. The molecule has 2 N–H and O–H groups in total. The van der Waals surface area contributed by atoms with Gasteiger partial charge in [-0.05, 0) is 17.5 Å². The molecule has 174 valence electrons. The van der Waals surface area contributed by atoms with E-state index in [0.29, 0.717) is 40.1 Å². The van der Waals surface area contributed by atoms with E-state index in [-0.39, 0.29) is 5.91 Å². The van der Waals surface area contributed by atoms with Crippen LogP contribution in [-0.2, 0) is 0 Å². The second kappa shape index (κ2) is 9.99. The van der Waals surface area contributed by atoms with Gasteiger partial charge in [0.05, 0.1) is 39.7 Å². The maximum Gasteiger partial charge on any atom is 0.257 e. The van der Waals surface area contributed by atoms with E-state index in [1.54, 1.807) is 25.4 Å². The highest BCUT2D eigenvalue weighted by Gasteiger charge is 2.18. The molecular weight excluding hydrogens is 434 g/mol. The van der Waals surface area contributed by atoms with E-state index in [1.165, 1.54) is 21.3 Å². The number of hydrogen-bond acceptors (Lipinski definition) is 7. The summed E-state index contributed by atoms with van der Waals surface area (Å²) in [4.78, 5) is 17.8. The molecule has 3 aromatic carbocycles. The average Bonchev–Trinajstić information content (AvgIpc) is 2.88. The zero-order valence-electron chi connectivity index (χ0n) is 19.3. The molecule has 8 heteroatoms. The van der Waals surface area contributed by atoms with Gasteiger partial charge in [0.15, 0.2) is 11.5 Å². The Morgan fingerprint density at radius 1 is 0.765 bits per heavy atom. The van der Waals surface area contributed by atoms with Crippen LogP contribution in [0.4, 0.5) is 17.2 Å². The summed E-state index contributed by atoms with van der Waals surface area (Å²) in [7, 11) is 6.18. The summed E-state index contributed by atoms with van der Waals surface area (Å²) >= 11 is 0. The van der Waals surface area contributed by atoms with Crippen molar-refractivity contribution in [3.8, 4) is 23.0 Å². The Morgan fingerprint density at radius 2 is 1.38 bits per heavy atom. The topological polar surface area (TPSA) is 90.9 Å². The van der Waals surface area contributed by atoms with Crippen LogP contribution in [0.25, 0.3) is 10.8 Å². The van der Waals surface area contributed by atoms with E-state index < -0.39 is 0 Å². The van der Waals surface area contributed by atoms with Crippen LogP contribution in [0.2, 0.25) is 0 Å². The van der Waals surface area contributed by atoms with Gasteiger partial charge in [0.25, 0.3) is 5.91 Å². The molecule has 0 aliphatic rings. The fourth-order valence-corrected chi connectivity index (χ4v) is 3.70. The van der Waals surface area contributed by atoms with Crippen LogP contribution < -0.4 is 29.6 Å². The number of pyridine rings is 1. The summed E-state index contributed by atoms with van der Waals surface area (Å²) in [5.41, 5.74) is 1.70. The minimum Gasteiger partial charge on any atom is -0.495 e. The predicted octanol–water partition coefficient (Wildman–Crippen LogP) is 5.27. The van der Waals surface area contributed by atoms with Crippen LogP contribution in [0.5, 0.6) is 23.0 Å². The molecule has 0 fully saturated rings. The van der Waals surface area contributed by atoms with Gasteiger partial charge < -0.3 is 29.6 Å². The Labute approximate surface area is 197 Å². The first-order valence-corrected chi connectivity index (χ1v) is 10.5. The fourth-order valence-electron chi connectivity index (χ4n) is 3.70. The molecule has 0 unspecified atom stereocenters. The van der Waals surface area contributed by atoms with Crippen molar-refractivity contribution in [3.05, 3.63) is 72.4 Å².